The average molecular weight is 364 g/mol. The Morgan fingerprint density at radius 2 is 2.35 bits per heavy atom. The molecule has 0 unspecified atom stereocenters. The third-order valence-corrected chi connectivity index (χ3v) is 4.01. The van der Waals surface area contributed by atoms with Crippen molar-refractivity contribution in [3.05, 3.63) is 26.9 Å². The summed E-state index contributed by atoms with van der Waals surface area (Å²) in [6.07, 6.45) is 3.39. The maximum atomic E-state index is 11.1. The number of halogens is 2. The molecule has 2 rings (SSSR count). The Labute approximate surface area is 116 Å². The average Bonchev–Trinajstić information content (AvgIpc) is 2.70. The fourth-order valence-electron chi connectivity index (χ4n) is 2.05. The summed E-state index contributed by atoms with van der Waals surface area (Å²) in [6.45, 7) is 1.39. The molecule has 0 aliphatic carbocycles. The smallest absolute Gasteiger partial charge is 0.320 e. The molecule has 1 atom stereocenters. The number of rotatable bonds is 3. The third-order valence-electron chi connectivity index (χ3n) is 2.89. The van der Waals surface area contributed by atoms with Crippen LogP contribution in [-0.2, 0) is 11.3 Å². The number of hydrogen-bond donors (Lipinski definition) is 1. The molecule has 0 aromatic carbocycles. The van der Waals surface area contributed by atoms with Crippen molar-refractivity contribution in [3.63, 3.8) is 0 Å². The van der Waals surface area contributed by atoms with Crippen molar-refractivity contribution < 1.29 is 9.90 Å². The van der Waals surface area contributed by atoms with E-state index in [-0.39, 0.29) is 6.04 Å². The number of aromatic nitrogens is 1. The van der Waals surface area contributed by atoms with E-state index in [0.717, 1.165) is 34.0 Å². The number of aliphatic carboxylic acids is 1. The SMILES string of the molecule is O=C(O)[C@@H]1CCCN1Cc1ncc(Br)cc1Br. The summed E-state index contributed by atoms with van der Waals surface area (Å²) in [5.41, 5.74) is 0.876. The van der Waals surface area contributed by atoms with Crippen molar-refractivity contribution in [2.24, 2.45) is 0 Å². The summed E-state index contributed by atoms with van der Waals surface area (Å²) in [7, 11) is 0. The lowest BCUT2D eigenvalue weighted by molar-refractivity contribution is -0.142. The molecule has 17 heavy (non-hydrogen) atoms. The van der Waals surface area contributed by atoms with E-state index in [2.05, 4.69) is 36.8 Å². The van der Waals surface area contributed by atoms with Gasteiger partial charge in [0.15, 0.2) is 0 Å². The van der Waals surface area contributed by atoms with Gasteiger partial charge in [-0.3, -0.25) is 14.7 Å². The molecule has 1 aromatic heterocycles. The highest BCUT2D eigenvalue weighted by atomic mass is 79.9. The molecule has 0 spiro atoms. The van der Waals surface area contributed by atoms with Gasteiger partial charge in [-0.1, -0.05) is 0 Å². The molecule has 6 heteroatoms. The van der Waals surface area contributed by atoms with Gasteiger partial charge in [-0.25, -0.2) is 0 Å². The first-order valence-corrected chi connectivity index (χ1v) is 6.93. The van der Waals surface area contributed by atoms with Crippen molar-refractivity contribution in [2.75, 3.05) is 6.54 Å². The first-order chi connectivity index (χ1) is 8.08. The van der Waals surface area contributed by atoms with Crippen LogP contribution >= 0.6 is 31.9 Å². The third kappa shape index (κ3) is 3.05. The second-order valence-corrected chi connectivity index (χ2v) is 5.82. The lowest BCUT2D eigenvalue weighted by Crippen LogP contribution is -2.35. The molecular weight excluding hydrogens is 352 g/mol. The van der Waals surface area contributed by atoms with E-state index in [9.17, 15) is 4.79 Å². The Morgan fingerprint density at radius 3 is 3.00 bits per heavy atom. The molecule has 2 heterocycles. The lowest BCUT2D eigenvalue weighted by Gasteiger charge is -2.20. The molecule has 1 aliphatic heterocycles. The molecule has 1 fully saturated rings. The van der Waals surface area contributed by atoms with Crippen LogP contribution in [-0.4, -0.2) is 33.5 Å². The zero-order chi connectivity index (χ0) is 12.4. The first kappa shape index (κ1) is 13.0. The van der Waals surface area contributed by atoms with Gasteiger partial charge in [-0.15, -0.1) is 0 Å². The molecule has 1 aliphatic rings. The summed E-state index contributed by atoms with van der Waals surface area (Å²) in [6, 6.07) is 1.56. The van der Waals surface area contributed by atoms with E-state index in [1.165, 1.54) is 0 Å². The number of nitrogens with zero attached hydrogens (tertiary/aromatic N) is 2. The standard InChI is InChI=1S/C11H12Br2N2O2/c12-7-4-8(13)9(14-5-7)6-15-3-1-2-10(15)11(16)17/h4-5,10H,1-3,6H2,(H,16,17)/t10-/m0/s1. The molecule has 1 saturated heterocycles. The Balaban J connectivity index is 2.12. The van der Waals surface area contributed by atoms with Gasteiger partial charge in [0, 0.05) is 21.7 Å². The van der Waals surface area contributed by atoms with Crippen LogP contribution in [0.5, 0.6) is 0 Å². The largest absolute Gasteiger partial charge is 0.480 e. The van der Waals surface area contributed by atoms with Gasteiger partial charge in [0.25, 0.3) is 0 Å². The van der Waals surface area contributed by atoms with Crippen LogP contribution < -0.4 is 0 Å². The van der Waals surface area contributed by atoms with Gasteiger partial charge in [0.2, 0.25) is 0 Å². The Bertz CT molecular complexity index is 439. The normalized spacial score (nSPS) is 20.7. The molecule has 0 radical (unpaired) electrons. The quantitative estimate of drug-likeness (QED) is 0.896. The summed E-state index contributed by atoms with van der Waals surface area (Å²) in [5.74, 6) is -0.740. The van der Waals surface area contributed by atoms with E-state index in [1.807, 2.05) is 11.0 Å². The van der Waals surface area contributed by atoms with Crippen LogP contribution in [0.4, 0.5) is 0 Å². The molecule has 1 aromatic rings. The van der Waals surface area contributed by atoms with Crippen LogP contribution in [0.1, 0.15) is 18.5 Å². The Hall–Kier alpha value is -0.460. The fourth-order valence-corrected chi connectivity index (χ4v) is 3.16. The van der Waals surface area contributed by atoms with E-state index >= 15 is 0 Å². The molecule has 0 saturated carbocycles. The van der Waals surface area contributed by atoms with Crippen molar-refractivity contribution in [1.82, 2.24) is 9.88 Å². The summed E-state index contributed by atoms with van der Waals surface area (Å²) >= 11 is 6.79. The minimum atomic E-state index is -0.740. The summed E-state index contributed by atoms with van der Waals surface area (Å²) in [5, 5.41) is 9.09. The van der Waals surface area contributed by atoms with Crippen LogP contribution in [0.2, 0.25) is 0 Å². The van der Waals surface area contributed by atoms with Crippen LogP contribution in [0, 0.1) is 0 Å². The molecule has 0 bridgehead atoms. The molecule has 4 nitrogen and oxygen atoms in total. The molecule has 1 N–H and O–H groups in total. The van der Waals surface area contributed by atoms with Gasteiger partial charge in [0.1, 0.15) is 6.04 Å². The predicted molar refractivity (Wildman–Crippen MR) is 70.7 cm³/mol. The van der Waals surface area contributed by atoms with Crippen LogP contribution in [0.15, 0.2) is 21.2 Å². The van der Waals surface area contributed by atoms with Gasteiger partial charge < -0.3 is 5.11 Å². The van der Waals surface area contributed by atoms with Crippen LogP contribution in [0.3, 0.4) is 0 Å². The number of pyridine rings is 1. The minimum Gasteiger partial charge on any atom is -0.480 e. The van der Waals surface area contributed by atoms with Crippen molar-refractivity contribution in [2.45, 2.75) is 25.4 Å². The Kier molecular flexibility index (Phi) is 4.17. The monoisotopic (exact) mass is 362 g/mol. The summed E-state index contributed by atoms with van der Waals surface area (Å²) < 4.78 is 1.81. The van der Waals surface area contributed by atoms with E-state index in [4.69, 9.17) is 5.11 Å². The second-order valence-electron chi connectivity index (χ2n) is 4.05. The zero-order valence-electron chi connectivity index (χ0n) is 9.07. The fraction of sp³-hybridized carbons (Fsp3) is 0.455. The van der Waals surface area contributed by atoms with Gasteiger partial charge >= 0.3 is 5.97 Å². The number of hydrogen-bond acceptors (Lipinski definition) is 3. The van der Waals surface area contributed by atoms with Gasteiger partial charge in [-0.2, -0.15) is 0 Å². The van der Waals surface area contributed by atoms with Gasteiger partial charge in [-0.05, 0) is 57.3 Å². The lowest BCUT2D eigenvalue weighted by atomic mass is 10.2. The maximum Gasteiger partial charge on any atom is 0.320 e. The maximum absolute atomic E-state index is 11.1. The van der Waals surface area contributed by atoms with Crippen molar-refractivity contribution in [3.8, 4) is 0 Å². The number of likely N-dealkylation sites (tertiary alicyclic amines) is 1. The number of carboxylic acids is 1. The van der Waals surface area contributed by atoms with E-state index < -0.39 is 5.97 Å². The highest BCUT2D eigenvalue weighted by Crippen LogP contribution is 2.24. The molecule has 0 amide bonds. The first-order valence-electron chi connectivity index (χ1n) is 5.34. The second kappa shape index (κ2) is 5.46. The highest BCUT2D eigenvalue weighted by Gasteiger charge is 2.30. The van der Waals surface area contributed by atoms with Crippen molar-refractivity contribution >= 4 is 37.8 Å². The number of carboxylic acid groups (broad SMARTS) is 1. The van der Waals surface area contributed by atoms with E-state index in [1.54, 1.807) is 6.20 Å². The highest BCUT2D eigenvalue weighted by molar-refractivity contribution is 9.11. The van der Waals surface area contributed by atoms with Gasteiger partial charge in [0.05, 0.1) is 5.69 Å². The van der Waals surface area contributed by atoms with Crippen LogP contribution in [0.25, 0.3) is 0 Å². The topological polar surface area (TPSA) is 53.4 Å². The Morgan fingerprint density at radius 1 is 1.59 bits per heavy atom. The molecule has 92 valence electrons. The van der Waals surface area contributed by atoms with E-state index in [0.29, 0.717) is 6.54 Å². The minimum absolute atomic E-state index is 0.368. The predicted octanol–water partition coefficient (Wildman–Crippen LogP) is 2.66. The number of carbonyl (C=O) groups is 1. The van der Waals surface area contributed by atoms with Crippen molar-refractivity contribution in [1.29, 1.82) is 0 Å². The zero-order valence-corrected chi connectivity index (χ0v) is 12.2. The molecular formula is C11H12Br2N2O2. The summed E-state index contributed by atoms with van der Waals surface area (Å²) in [4.78, 5) is 17.3.